The molecule has 2 rings (SSSR count). The Hall–Kier alpha value is -2.27. The van der Waals surface area contributed by atoms with E-state index in [0.29, 0.717) is 5.56 Å². The molecule has 0 fully saturated rings. The topological polar surface area (TPSA) is 60.5 Å². The number of nitrogens with zero attached hydrogens (tertiary/aromatic N) is 2. The molecule has 0 saturated heterocycles. The van der Waals surface area contributed by atoms with Gasteiger partial charge in [0.15, 0.2) is 0 Å². The number of aromatic nitrogens is 1. The maximum atomic E-state index is 12.1. The van der Waals surface area contributed by atoms with Crippen molar-refractivity contribution < 1.29 is 9.53 Å². The summed E-state index contributed by atoms with van der Waals surface area (Å²) in [6.07, 6.45) is 1.02. The average molecular weight is 343 g/mol. The molecule has 0 aliphatic carbocycles. The zero-order valence-corrected chi connectivity index (χ0v) is 16.1. The molecule has 0 saturated carbocycles. The van der Waals surface area contributed by atoms with Crippen molar-refractivity contribution in [1.82, 2.24) is 9.47 Å². The molecule has 0 bridgehead atoms. The van der Waals surface area contributed by atoms with E-state index in [0.717, 1.165) is 53.3 Å². The second kappa shape index (κ2) is 7.74. The minimum atomic E-state index is -0.379. The Morgan fingerprint density at radius 3 is 2.40 bits per heavy atom. The van der Waals surface area contributed by atoms with Crippen LogP contribution in [-0.4, -0.2) is 43.1 Å². The van der Waals surface area contributed by atoms with E-state index >= 15 is 0 Å². The number of aryl methyl sites for hydroxylation is 1. The first-order valence-electron chi connectivity index (χ1n) is 8.57. The smallest absolute Gasteiger partial charge is 0.251 e. The highest BCUT2D eigenvalue weighted by Crippen LogP contribution is 2.34. The van der Waals surface area contributed by atoms with Crippen LogP contribution >= 0.6 is 0 Å². The third-order valence-electron chi connectivity index (χ3n) is 4.70. The third-order valence-corrected chi connectivity index (χ3v) is 4.70. The van der Waals surface area contributed by atoms with Crippen LogP contribution in [0.5, 0.6) is 5.75 Å². The predicted octanol–water partition coefficient (Wildman–Crippen LogP) is 3.14. The molecule has 1 aromatic carbocycles. The van der Waals surface area contributed by atoms with Crippen LogP contribution in [0, 0.1) is 20.8 Å². The summed E-state index contributed by atoms with van der Waals surface area (Å²) in [7, 11) is 5.79. The lowest BCUT2D eigenvalue weighted by Crippen LogP contribution is -2.16. The maximum Gasteiger partial charge on any atom is 0.251 e. The molecule has 0 aliphatic heterocycles. The Kier molecular flexibility index (Phi) is 5.90. The lowest BCUT2D eigenvalue weighted by molar-refractivity contribution is 0.1000. The molecule has 136 valence electrons. The van der Waals surface area contributed by atoms with Gasteiger partial charge >= 0.3 is 0 Å². The fourth-order valence-corrected chi connectivity index (χ4v) is 3.45. The number of rotatable bonds is 7. The van der Waals surface area contributed by atoms with Crippen LogP contribution in [0.1, 0.15) is 33.7 Å². The number of benzene rings is 1. The van der Waals surface area contributed by atoms with Crippen LogP contribution in [0.15, 0.2) is 18.2 Å². The fraction of sp³-hybridized carbons (Fsp3) is 0.450. The SMILES string of the molecule is COc1ccc(-c2c(C(N)=O)c(C)n(CCCN(C)C)c2C)cc1C. The molecule has 0 unspecified atom stereocenters. The highest BCUT2D eigenvalue weighted by Gasteiger charge is 2.22. The highest BCUT2D eigenvalue weighted by atomic mass is 16.5. The summed E-state index contributed by atoms with van der Waals surface area (Å²) in [6.45, 7) is 7.90. The first-order chi connectivity index (χ1) is 11.8. The van der Waals surface area contributed by atoms with E-state index in [-0.39, 0.29) is 5.91 Å². The van der Waals surface area contributed by atoms with Crippen LogP contribution in [0.2, 0.25) is 0 Å². The van der Waals surface area contributed by atoms with Crippen molar-refractivity contribution in [2.75, 3.05) is 27.7 Å². The quantitative estimate of drug-likeness (QED) is 0.840. The number of hydrogen-bond donors (Lipinski definition) is 1. The number of amides is 1. The van der Waals surface area contributed by atoms with Crippen molar-refractivity contribution in [2.45, 2.75) is 33.7 Å². The summed E-state index contributed by atoms with van der Waals surface area (Å²) in [5.74, 6) is 0.458. The second-order valence-electron chi connectivity index (χ2n) is 6.78. The number of carbonyl (C=O) groups is 1. The summed E-state index contributed by atoms with van der Waals surface area (Å²) < 4.78 is 7.55. The van der Waals surface area contributed by atoms with Crippen molar-refractivity contribution in [3.05, 3.63) is 40.7 Å². The van der Waals surface area contributed by atoms with E-state index in [2.05, 4.69) is 36.6 Å². The van der Waals surface area contributed by atoms with Crippen molar-refractivity contribution in [2.24, 2.45) is 5.73 Å². The van der Waals surface area contributed by atoms with Gasteiger partial charge < -0.3 is 19.9 Å². The standard InChI is InChI=1S/C20H29N3O2/c1-13-12-16(8-9-17(13)25-6)18-14(2)23(11-7-10-22(4)5)15(3)19(18)20(21)24/h8-9,12H,7,10-11H2,1-6H3,(H2,21,24). The molecule has 0 radical (unpaired) electrons. The first kappa shape index (κ1) is 19.1. The summed E-state index contributed by atoms with van der Waals surface area (Å²) in [5, 5.41) is 0. The number of carbonyl (C=O) groups excluding carboxylic acids is 1. The number of nitrogens with two attached hydrogens (primary N) is 1. The van der Waals surface area contributed by atoms with E-state index in [4.69, 9.17) is 10.5 Å². The van der Waals surface area contributed by atoms with Crippen molar-refractivity contribution >= 4 is 5.91 Å². The Morgan fingerprint density at radius 1 is 1.20 bits per heavy atom. The predicted molar refractivity (Wildman–Crippen MR) is 102 cm³/mol. The lowest BCUT2D eigenvalue weighted by atomic mass is 9.98. The molecule has 1 amide bonds. The molecule has 0 atom stereocenters. The molecule has 2 aromatic rings. The van der Waals surface area contributed by atoms with Gasteiger partial charge in [0.2, 0.25) is 0 Å². The molecule has 2 N–H and O–H groups in total. The third kappa shape index (κ3) is 3.87. The molecule has 5 nitrogen and oxygen atoms in total. The Balaban J connectivity index is 2.53. The lowest BCUT2D eigenvalue weighted by Gasteiger charge is -2.13. The average Bonchev–Trinajstić information content (AvgIpc) is 2.79. The number of ether oxygens (including phenoxy) is 1. The molecular weight excluding hydrogens is 314 g/mol. The minimum Gasteiger partial charge on any atom is -0.496 e. The van der Waals surface area contributed by atoms with Crippen LogP contribution < -0.4 is 10.5 Å². The van der Waals surface area contributed by atoms with Gasteiger partial charge in [0.25, 0.3) is 5.91 Å². The van der Waals surface area contributed by atoms with Crippen LogP contribution in [-0.2, 0) is 6.54 Å². The van der Waals surface area contributed by atoms with E-state index in [1.165, 1.54) is 0 Å². The number of hydrogen-bond acceptors (Lipinski definition) is 3. The van der Waals surface area contributed by atoms with Gasteiger partial charge in [0.05, 0.1) is 12.7 Å². The molecule has 25 heavy (non-hydrogen) atoms. The van der Waals surface area contributed by atoms with Gasteiger partial charge in [0, 0.05) is 23.5 Å². The van der Waals surface area contributed by atoms with Crippen molar-refractivity contribution in [3.8, 4) is 16.9 Å². The zero-order valence-electron chi connectivity index (χ0n) is 16.1. The summed E-state index contributed by atoms with van der Waals surface area (Å²) >= 11 is 0. The van der Waals surface area contributed by atoms with E-state index in [9.17, 15) is 4.79 Å². The van der Waals surface area contributed by atoms with Crippen molar-refractivity contribution in [3.63, 3.8) is 0 Å². The largest absolute Gasteiger partial charge is 0.496 e. The van der Waals surface area contributed by atoms with Gasteiger partial charge in [-0.05, 0) is 71.1 Å². The highest BCUT2D eigenvalue weighted by molar-refractivity contribution is 6.02. The minimum absolute atomic E-state index is 0.379. The van der Waals surface area contributed by atoms with Gasteiger partial charge in [-0.2, -0.15) is 0 Å². The first-order valence-corrected chi connectivity index (χ1v) is 8.57. The Bertz CT molecular complexity index is 776. The zero-order chi connectivity index (χ0) is 18.7. The molecule has 0 spiro atoms. The summed E-state index contributed by atoms with van der Waals surface area (Å²) in [6, 6.07) is 5.98. The normalized spacial score (nSPS) is 11.2. The van der Waals surface area contributed by atoms with Crippen LogP contribution in [0.25, 0.3) is 11.1 Å². The number of methoxy groups -OCH3 is 1. The van der Waals surface area contributed by atoms with Gasteiger partial charge in [0.1, 0.15) is 5.75 Å². The van der Waals surface area contributed by atoms with Gasteiger partial charge in [-0.25, -0.2) is 0 Å². The molecule has 0 aliphatic rings. The van der Waals surface area contributed by atoms with E-state index in [1.54, 1.807) is 7.11 Å². The fourth-order valence-electron chi connectivity index (χ4n) is 3.45. The van der Waals surface area contributed by atoms with E-state index < -0.39 is 0 Å². The molecular formula is C20H29N3O2. The number of primary amides is 1. The molecule has 1 heterocycles. The van der Waals surface area contributed by atoms with Crippen molar-refractivity contribution in [1.29, 1.82) is 0 Å². The molecule has 1 aromatic heterocycles. The van der Waals surface area contributed by atoms with E-state index in [1.807, 2.05) is 26.0 Å². The van der Waals surface area contributed by atoms with Crippen LogP contribution in [0.4, 0.5) is 0 Å². The maximum absolute atomic E-state index is 12.1. The Labute approximate surface area is 150 Å². The Morgan fingerprint density at radius 2 is 1.88 bits per heavy atom. The van der Waals surface area contributed by atoms with Gasteiger partial charge in [-0.15, -0.1) is 0 Å². The summed E-state index contributed by atoms with van der Waals surface area (Å²) in [4.78, 5) is 14.3. The van der Waals surface area contributed by atoms with Gasteiger partial charge in [-0.1, -0.05) is 6.07 Å². The second-order valence-corrected chi connectivity index (χ2v) is 6.78. The monoisotopic (exact) mass is 343 g/mol. The van der Waals surface area contributed by atoms with Gasteiger partial charge in [-0.3, -0.25) is 4.79 Å². The molecule has 5 heteroatoms. The van der Waals surface area contributed by atoms with Crippen LogP contribution in [0.3, 0.4) is 0 Å². The summed E-state index contributed by atoms with van der Waals surface area (Å²) in [5.41, 5.74) is 11.3.